The van der Waals surface area contributed by atoms with Crippen molar-refractivity contribution in [3.8, 4) is 0 Å². The van der Waals surface area contributed by atoms with Gasteiger partial charge in [-0.1, -0.05) is 63.1 Å². The van der Waals surface area contributed by atoms with Crippen LogP contribution in [0.15, 0.2) is 36.4 Å². The minimum atomic E-state index is 0.445. The van der Waals surface area contributed by atoms with Crippen LogP contribution in [0, 0.1) is 12.8 Å². The van der Waals surface area contributed by atoms with E-state index in [2.05, 4.69) is 69.5 Å². The second-order valence-corrected chi connectivity index (χ2v) is 5.36. The Morgan fingerprint density at radius 1 is 1.00 bits per heavy atom. The topological polar surface area (TPSA) is 12.0 Å². The Labute approximate surface area is 117 Å². The number of fused-ring (bicyclic) bond motifs is 1. The van der Waals surface area contributed by atoms with Gasteiger partial charge in [0.25, 0.3) is 0 Å². The fraction of sp³-hybridized carbons (Fsp3) is 0.444. The Kier molecular flexibility index (Phi) is 4.60. The molecule has 102 valence electrons. The summed E-state index contributed by atoms with van der Waals surface area (Å²) in [6, 6.07) is 13.7. The molecule has 0 spiro atoms. The molecule has 0 amide bonds. The fourth-order valence-corrected chi connectivity index (χ4v) is 3.19. The predicted octanol–water partition coefficient (Wildman–Crippen LogP) is 4.84. The summed E-state index contributed by atoms with van der Waals surface area (Å²) >= 11 is 0. The van der Waals surface area contributed by atoms with Gasteiger partial charge >= 0.3 is 0 Å². The molecule has 0 heterocycles. The minimum Gasteiger partial charge on any atom is -0.313 e. The SMILES string of the molecule is CCC(CC)C(NC)c1c(C)ccc2ccccc12. The highest BCUT2D eigenvalue weighted by molar-refractivity contribution is 5.87. The zero-order valence-electron chi connectivity index (χ0n) is 12.5. The van der Waals surface area contributed by atoms with Crippen molar-refractivity contribution >= 4 is 10.8 Å². The number of hydrogen-bond acceptors (Lipinski definition) is 1. The zero-order chi connectivity index (χ0) is 13.8. The monoisotopic (exact) mass is 255 g/mol. The lowest BCUT2D eigenvalue weighted by Gasteiger charge is -2.28. The Morgan fingerprint density at radius 2 is 1.68 bits per heavy atom. The molecule has 0 saturated heterocycles. The van der Waals surface area contributed by atoms with Crippen molar-refractivity contribution in [3.63, 3.8) is 0 Å². The van der Waals surface area contributed by atoms with Gasteiger partial charge in [0.2, 0.25) is 0 Å². The van der Waals surface area contributed by atoms with Crippen LogP contribution in [-0.2, 0) is 0 Å². The van der Waals surface area contributed by atoms with Gasteiger partial charge in [-0.2, -0.15) is 0 Å². The molecule has 0 saturated carbocycles. The molecule has 1 heteroatoms. The summed E-state index contributed by atoms with van der Waals surface area (Å²) in [7, 11) is 2.09. The first kappa shape index (κ1) is 14.1. The molecule has 2 aromatic rings. The highest BCUT2D eigenvalue weighted by Gasteiger charge is 2.22. The van der Waals surface area contributed by atoms with Gasteiger partial charge in [0.15, 0.2) is 0 Å². The lowest BCUT2D eigenvalue weighted by Crippen LogP contribution is -2.25. The Bertz CT molecular complexity index is 540. The normalized spacial score (nSPS) is 13.1. The van der Waals surface area contributed by atoms with Gasteiger partial charge < -0.3 is 5.32 Å². The average molecular weight is 255 g/mol. The first-order valence-corrected chi connectivity index (χ1v) is 7.38. The first-order chi connectivity index (χ1) is 9.22. The van der Waals surface area contributed by atoms with Gasteiger partial charge in [0.05, 0.1) is 0 Å². The van der Waals surface area contributed by atoms with E-state index in [1.807, 2.05) is 0 Å². The predicted molar refractivity (Wildman–Crippen MR) is 84.6 cm³/mol. The molecule has 0 aliphatic carbocycles. The van der Waals surface area contributed by atoms with Crippen LogP contribution in [0.2, 0.25) is 0 Å². The van der Waals surface area contributed by atoms with Crippen molar-refractivity contribution in [2.75, 3.05) is 7.05 Å². The van der Waals surface area contributed by atoms with E-state index in [-0.39, 0.29) is 0 Å². The lowest BCUT2D eigenvalue weighted by molar-refractivity contribution is 0.360. The van der Waals surface area contributed by atoms with Gasteiger partial charge in [-0.3, -0.25) is 0 Å². The fourth-order valence-electron chi connectivity index (χ4n) is 3.19. The van der Waals surface area contributed by atoms with Crippen LogP contribution in [0.3, 0.4) is 0 Å². The maximum Gasteiger partial charge on any atom is 0.0354 e. The van der Waals surface area contributed by atoms with Crippen molar-refractivity contribution in [2.45, 2.75) is 39.7 Å². The number of rotatable bonds is 5. The average Bonchev–Trinajstić information content (AvgIpc) is 2.45. The molecule has 1 unspecified atom stereocenters. The molecule has 1 atom stereocenters. The second kappa shape index (κ2) is 6.21. The lowest BCUT2D eigenvalue weighted by atomic mass is 9.84. The third kappa shape index (κ3) is 2.66. The molecule has 2 aromatic carbocycles. The van der Waals surface area contributed by atoms with Gasteiger partial charge in [-0.05, 0) is 41.8 Å². The molecule has 1 nitrogen and oxygen atoms in total. The van der Waals surface area contributed by atoms with Crippen LogP contribution in [0.4, 0.5) is 0 Å². The molecule has 0 aromatic heterocycles. The third-order valence-electron chi connectivity index (χ3n) is 4.33. The smallest absolute Gasteiger partial charge is 0.0354 e. The molecule has 0 aliphatic heterocycles. The van der Waals surface area contributed by atoms with Gasteiger partial charge in [0.1, 0.15) is 0 Å². The third-order valence-corrected chi connectivity index (χ3v) is 4.33. The van der Waals surface area contributed by atoms with Crippen molar-refractivity contribution in [3.05, 3.63) is 47.5 Å². The van der Waals surface area contributed by atoms with Crippen molar-refractivity contribution in [1.29, 1.82) is 0 Å². The largest absolute Gasteiger partial charge is 0.313 e. The summed E-state index contributed by atoms with van der Waals surface area (Å²) in [4.78, 5) is 0. The number of hydrogen-bond donors (Lipinski definition) is 1. The van der Waals surface area contributed by atoms with E-state index in [1.54, 1.807) is 0 Å². The van der Waals surface area contributed by atoms with Gasteiger partial charge in [0, 0.05) is 6.04 Å². The molecule has 0 aliphatic rings. The van der Waals surface area contributed by atoms with Gasteiger partial charge in [-0.15, -0.1) is 0 Å². The summed E-state index contributed by atoms with van der Waals surface area (Å²) < 4.78 is 0. The van der Waals surface area contributed by atoms with Crippen LogP contribution in [0.25, 0.3) is 10.8 Å². The van der Waals surface area contributed by atoms with Crippen molar-refractivity contribution in [1.82, 2.24) is 5.32 Å². The Hall–Kier alpha value is -1.34. The summed E-state index contributed by atoms with van der Waals surface area (Å²) in [6.45, 7) is 6.81. The van der Waals surface area contributed by atoms with Crippen LogP contribution >= 0.6 is 0 Å². The first-order valence-electron chi connectivity index (χ1n) is 7.38. The van der Waals surface area contributed by atoms with E-state index < -0.39 is 0 Å². The molecular formula is C18H25N. The highest BCUT2D eigenvalue weighted by Crippen LogP contribution is 2.34. The minimum absolute atomic E-state index is 0.445. The summed E-state index contributed by atoms with van der Waals surface area (Å²) in [5, 5.41) is 6.29. The van der Waals surface area contributed by atoms with E-state index in [9.17, 15) is 0 Å². The van der Waals surface area contributed by atoms with Crippen molar-refractivity contribution in [2.24, 2.45) is 5.92 Å². The summed E-state index contributed by atoms with van der Waals surface area (Å²) in [5.74, 6) is 0.689. The molecule has 1 N–H and O–H groups in total. The highest BCUT2D eigenvalue weighted by atomic mass is 14.9. The Morgan fingerprint density at radius 3 is 2.32 bits per heavy atom. The second-order valence-electron chi connectivity index (χ2n) is 5.36. The van der Waals surface area contributed by atoms with E-state index >= 15 is 0 Å². The summed E-state index contributed by atoms with van der Waals surface area (Å²) in [5.41, 5.74) is 2.87. The van der Waals surface area contributed by atoms with Gasteiger partial charge in [-0.25, -0.2) is 0 Å². The maximum absolute atomic E-state index is 3.55. The quantitative estimate of drug-likeness (QED) is 0.805. The standard InChI is InChI=1S/C18H25N/c1-5-14(6-2)18(19-4)17-13(3)11-12-15-9-7-8-10-16(15)17/h7-12,14,18-19H,5-6H2,1-4H3. The number of nitrogens with one attached hydrogen (secondary N) is 1. The zero-order valence-corrected chi connectivity index (χ0v) is 12.5. The number of benzene rings is 2. The number of aryl methyl sites for hydroxylation is 1. The molecule has 0 fully saturated rings. The molecule has 0 bridgehead atoms. The van der Waals surface area contributed by atoms with E-state index in [0.29, 0.717) is 12.0 Å². The van der Waals surface area contributed by atoms with Crippen LogP contribution in [0.1, 0.15) is 43.9 Å². The molecule has 2 rings (SSSR count). The van der Waals surface area contributed by atoms with E-state index in [1.165, 1.54) is 34.7 Å². The molecule has 0 radical (unpaired) electrons. The van der Waals surface area contributed by atoms with E-state index in [0.717, 1.165) is 0 Å². The van der Waals surface area contributed by atoms with Crippen LogP contribution in [0.5, 0.6) is 0 Å². The Balaban J connectivity index is 2.61. The van der Waals surface area contributed by atoms with Crippen LogP contribution in [-0.4, -0.2) is 7.05 Å². The maximum atomic E-state index is 3.55. The molecular weight excluding hydrogens is 230 g/mol. The summed E-state index contributed by atoms with van der Waals surface area (Å²) in [6.07, 6.45) is 2.43. The van der Waals surface area contributed by atoms with Crippen LogP contribution < -0.4 is 5.32 Å². The van der Waals surface area contributed by atoms with Crippen molar-refractivity contribution < 1.29 is 0 Å². The van der Waals surface area contributed by atoms with E-state index in [4.69, 9.17) is 0 Å². The molecule has 19 heavy (non-hydrogen) atoms.